The van der Waals surface area contributed by atoms with Crippen molar-refractivity contribution in [1.29, 1.82) is 0 Å². The third-order valence-corrected chi connectivity index (χ3v) is 15.3. The molecule has 12 heteroatoms. The van der Waals surface area contributed by atoms with E-state index < -0.39 is 23.1 Å². The number of benzene rings is 4. The number of likely N-dealkylation sites (N-methyl/N-ethyl adjacent to an activating group) is 2. The first-order valence-electron chi connectivity index (χ1n) is 25.2. The number of nitrogens with zero attached hydrogens (tertiary/aromatic N) is 2. The van der Waals surface area contributed by atoms with E-state index in [0.717, 1.165) is 137 Å². The molecule has 2 N–H and O–H groups in total. The highest BCUT2D eigenvalue weighted by Gasteiger charge is 2.51. The summed E-state index contributed by atoms with van der Waals surface area (Å²) >= 11 is 0. The maximum absolute atomic E-state index is 13.4. The minimum atomic E-state index is -1.55. The van der Waals surface area contributed by atoms with Gasteiger partial charge in [-0.1, -0.05) is 122 Å². The minimum absolute atomic E-state index is 0. The van der Waals surface area contributed by atoms with Crippen LogP contribution in [0, 0.1) is 32.6 Å². The molecule has 8 rings (SSSR count). The Labute approximate surface area is 433 Å². The van der Waals surface area contributed by atoms with Crippen molar-refractivity contribution < 1.29 is 81.7 Å². The molecule has 69 heavy (non-hydrogen) atoms. The van der Waals surface area contributed by atoms with Gasteiger partial charge in [0.25, 0.3) is 0 Å². The molecule has 2 saturated heterocycles. The number of halogens is 2. The molecule has 0 amide bonds. The number of carbonyl (C=O) groups excluding carboxylic acids is 2. The van der Waals surface area contributed by atoms with E-state index in [1.54, 1.807) is 0 Å². The summed E-state index contributed by atoms with van der Waals surface area (Å²) in [5.41, 5.74) is 1.84. The van der Waals surface area contributed by atoms with Gasteiger partial charge in [0, 0.05) is 37.5 Å². The molecule has 4 aromatic carbocycles. The van der Waals surface area contributed by atoms with Gasteiger partial charge in [-0.3, -0.25) is 0 Å². The van der Waals surface area contributed by atoms with E-state index in [2.05, 4.69) is 47.0 Å². The zero-order chi connectivity index (χ0) is 47.5. The van der Waals surface area contributed by atoms with Gasteiger partial charge in [-0.15, -0.1) is 0 Å². The molecule has 4 aromatic rings. The maximum Gasteiger partial charge on any atom is 0.343 e. The average molecular weight is 1080 g/mol. The van der Waals surface area contributed by atoms with E-state index in [1.807, 2.05) is 91.0 Å². The molecular formula is C57H78Br2N2O8. The lowest BCUT2D eigenvalue weighted by atomic mass is 9.80. The second kappa shape index (κ2) is 25.6. The van der Waals surface area contributed by atoms with Crippen LogP contribution in [0.4, 0.5) is 0 Å². The van der Waals surface area contributed by atoms with Crippen molar-refractivity contribution in [1.82, 2.24) is 0 Å². The number of quaternary nitrogens is 2. The number of likely N-dealkylation sites (tertiary alicyclic amines) is 2. The summed E-state index contributed by atoms with van der Waals surface area (Å²) in [5.74, 6) is 0.804. The largest absolute Gasteiger partial charge is 1.00 e. The number of para-hydroxylation sites is 1. The first kappa shape index (κ1) is 56.1. The molecule has 2 aliphatic carbocycles. The van der Waals surface area contributed by atoms with Crippen molar-refractivity contribution >= 4 is 11.9 Å². The Morgan fingerprint density at radius 3 is 1.35 bits per heavy atom. The van der Waals surface area contributed by atoms with Crippen LogP contribution in [0.25, 0.3) is 0 Å². The van der Waals surface area contributed by atoms with Gasteiger partial charge < -0.3 is 72.1 Å². The molecule has 0 bridgehead atoms. The molecule has 0 radical (unpaired) electrons. The summed E-state index contributed by atoms with van der Waals surface area (Å²) in [6.45, 7) is 13.1. The summed E-state index contributed by atoms with van der Waals surface area (Å²) < 4.78 is 25.7. The highest BCUT2D eigenvalue weighted by atomic mass is 79.9. The lowest BCUT2D eigenvalue weighted by Gasteiger charge is -2.33. The predicted octanol–water partition coefficient (Wildman–Crippen LogP) is 3.52. The minimum Gasteiger partial charge on any atom is -1.00 e. The van der Waals surface area contributed by atoms with E-state index in [1.165, 1.54) is 16.7 Å². The van der Waals surface area contributed by atoms with Gasteiger partial charge in [0.05, 0.1) is 53.5 Å². The Balaban J connectivity index is 0.000000251. The van der Waals surface area contributed by atoms with Crippen LogP contribution in [0.5, 0.6) is 11.5 Å². The van der Waals surface area contributed by atoms with Gasteiger partial charge in [0.2, 0.25) is 0 Å². The lowest BCUT2D eigenvalue weighted by molar-refractivity contribution is -0.899. The summed E-state index contributed by atoms with van der Waals surface area (Å²) in [5, 5.41) is 23.3. The molecule has 4 fully saturated rings. The summed E-state index contributed by atoms with van der Waals surface area (Å²) in [7, 11) is 4.45. The van der Waals surface area contributed by atoms with Crippen LogP contribution in [0.15, 0.2) is 103 Å². The quantitative estimate of drug-likeness (QED) is 0.0887. The first-order chi connectivity index (χ1) is 32.2. The highest BCUT2D eigenvalue weighted by molar-refractivity contribution is 5.82. The number of esters is 2. The molecule has 6 atom stereocenters. The Bertz CT molecular complexity index is 2190. The molecule has 2 saturated carbocycles. The van der Waals surface area contributed by atoms with Gasteiger partial charge >= 0.3 is 11.9 Å². The number of rotatable bonds is 18. The Hall–Kier alpha value is -3.78. The van der Waals surface area contributed by atoms with Crippen LogP contribution in [-0.2, 0) is 30.3 Å². The zero-order valence-electron chi connectivity index (χ0n) is 41.8. The number of aryl methyl sites for hydroxylation is 3. The van der Waals surface area contributed by atoms with Gasteiger partial charge in [-0.25, -0.2) is 9.59 Å². The molecule has 10 nitrogen and oxygen atoms in total. The third kappa shape index (κ3) is 14.2. The van der Waals surface area contributed by atoms with Gasteiger partial charge in [0.1, 0.15) is 24.6 Å². The van der Waals surface area contributed by atoms with Crippen LogP contribution in [0.2, 0.25) is 0 Å². The number of ether oxygens (including phenoxy) is 4. The average Bonchev–Trinajstić information content (AvgIpc) is 4.18. The number of aliphatic hydroxyl groups is 2. The molecule has 4 aliphatic rings. The Kier molecular flexibility index (Phi) is 20.8. The number of hydrogen-bond acceptors (Lipinski definition) is 8. The summed E-state index contributed by atoms with van der Waals surface area (Å²) in [4.78, 5) is 26.8. The van der Waals surface area contributed by atoms with E-state index in [0.29, 0.717) is 24.3 Å². The fraction of sp³-hybridized carbons (Fsp3) is 0.544. The monoisotopic (exact) mass is 1080 g/mol. The van der Waals surface area contributed by atoms with Crippen LogP contribution in [0.1, 0.15) is 105 Å². The lowest BCUT2D eigenvalue weighted by Crippen LogP contribution is -3.00. The summed E-state index contributed by atoms with van der Waals surface area (Å²) in [6, 6.07) is 33.0. The fourth-order valence-electron chi connectivity index (χ4n) is 11.6. The van der Waals surface area contributed by atoms with Gasteiger partial charge in [-0.05, 0) is 80.8 Å². The number of carbonyl (C=O) groups is 2. The normalized spacial score (nSPS) is 24.1. The van der Waals surface area contributed by atoms with Crippen LogP contribution >= 0.6 is 0 Å². The summed E-state index contributed by atoms with van der Waals surface area (Å²) in [6.07, 6.45) is 10.9. The van der Waals surface area contributed by atoms with Crippen LogP contribution in [-0.4, -0.2) is 110 Å². The Morgan fingerprint density at radius 2 is 0.942 bits per heavy atom. The molecular weight excluding hydrogens is 1000 g/mol. The van der Waals surface area contributed by atoms with Crippen molar-refractivity contribution in [3.05, 3.63) is 131 Å². The molecule has 0 aromatic heterocycles. The topological polar surface area (TPSA) is 112 Å². The standard InChI is InChI=1S/C30H42NO4.C27H36NO4.2BrH/c1-22-19-23(2)28(24(3)20-22)34-18-10-16-31(4)17-15-27(21-31)35-29(32)30(33,26-13-8-9-14-26)25-11-6-5-7-12-25;1-28(18-10-20-31-24-15-6-3-7-16-24)19-17-25(21-28)32-26(29)27(30,23-13-8-9-14-23)22-11-4-2-5-12-22;;/h5-7,11-12,19-20,26-27,33H,8-10,13-18,21H2,1-4H3;2-7,11-12,15-16,23,25,30H,8-10,13-14,17-21H2,1H3;2*1H/q2*+1;;/p-2. The molecule has 2 aliphatic heterocycles. The zero-order valence-corrected chi connectivity index (χ0v) is 44.9. The van der Waals surface area contributed by atoms with Gasteiger partial charge in [-0.2, -0.15) is 0 Å². The molecule has 378 valence electrons. The van der Waals surface area contributed by atoms with E-state index in [4.69, 9.17) is 18.9 Å². The third-order valence-electron chi connectivity index (χ3n) is 15.3. The van der Waals surface area contributed by atoms with Crippen molar-refractivity contribution in [2.45, 2.75) is 121 Å². The van der Waals surface area contributed by atoms with E-state index in [-0.39, 0.29) is 58.0 Å². The van der Waals surface area contributed by atoms with E-state index >= 15 is 0 Å². The van der Waals surface area contributed by atoms with Crippen molar-refractivity contribution in [3.63, 3.8) is 0 Å². The highest BCUT2D eigenvalue weighted by Crippen LogP contribution is 2.43. The van der Waals surface area contributed by atoms with Crippen molar-refractivity contribution in [2.24, 2.45) is 11.8 Å². The molecule has 0 spiro atoms. The van der Waals surface area contributed by atoms with Crippen molar-refractivity contribution in [2.75, 3.05) is 66.6 Å². The maximum atomic E-state index is 13.4. The van der Waals surface area contributed by atoms with E-state index in [9.17, 15) is 19.8 Å². The smallest absolute Gasteiger partial charge is 0.343 e. The van der Waals surface area contributed by atoms with Crippen LogP contribution in [0.3, 0.4) is 0 Å². The fourth-order valence-corrected chi connectivity index (χ4v) is 11.6. The molecule has 2 heterocycles. The SMILES string of the molecule is C[N+]1(CCCOc2ccccc2)CCC(OC(=O)C(O)(c2ccccc2)C2CCCC2)C1.Cc1cc(C)c(OCCC[N+]2(C)CCC(OC(=O)C(O)(c3ccccc3)C3CCCC3)C2)c(C)c1.[Br-].[Br-]. The second-order valence-electron chi connectivity index (χ2n) is 20.8. The first-order valence-corrected chi connectivity index (χ1v) is 25.2. The Morgan fingerprint density at radius 1 is 0.565 bits per heavy atom. The van der Waals surface area contributed by atoms with Crippen LogP contribution < -0.4 is 43.4 Å². The number of hydrogen-bond donors (Lipinski definition) is 2. The molecule has 6 unspecified atom stereocenters. The van der Waals surface area contributed by atoms with Crippen molar-refractivity contribution in [3.8, 4) is 11.5 Å². The van der Waals surface area contributed by atoms with Gasteiger partial charge in [0.15, 0.2) is 23.4 Å². The predicted molar refractivity (Wildman–Crippen MR) is 262 cm³/mol. The second-order valence-corrected chi connectivity index (χ2v) is 20.8.